The van der Waals surface area contributed by atoms with Crippen molar-refractivity contribution in [2.45, 2.75) is 101 Å². The molecule has 1 spiro atoms. The van der Waals surface area contributed by atoms with Gasteiger partial charge < -0.3 is 34.5 Å². The van der Waals surface area contributed by atoms with E-state index in [4.69, 9.17) is 14.2 Å². The van der Waals surface area contributed by atoms with Crippen molar-refractivity contribution < 1.29 is 33.7 Å². The molecule has 314 valence electrons. The second-order valence-corrected chi connectivity index (χ2v) is 18.0. The van der Waals surface area contributed by atoms with Crippen molar-refractivity contribution >= 4 is 34.4 Å². The number of amides is 1. The normalized spacial score (nSPS) is 34.1. The number of hydrogen-bond acceptors (Lipinski definition) is 10. The monoisotopic (exact) mass is 805 g/mol. The molecule has 1 amide bonds. The van der Waals surface area contributed by atoms with Crippen LogP contribution in [0.2, 0.25) is 0 Å². The van der Waals surface area contributed by atoms with E-state index in [0.29, 0.717) is 31.6 Å². The number of methoxy groups -OCH3 is 2. The summed E-state index contributed by atoms with van der Waals surface area (Å²) in [7, 11) is 5.12. The average molecular weight is 806 g/mol. The van der Waals surface area contributed by atoms with Crippen LogP contribution in [0.3, 0.4) is 0 Å². The van der Waals surface area contributed by atoms with Gasteiger partial charge in [-0.15, -0.1) is 0 Å². The first-order valence-corrected chi connectivity index (χ1v) is 21.5. The number of aliphatic hydroxyl groups is 1. The maximum atomic E-state index is 15.2. The fraction of sp³-hybridized carbons (Fsp3) is 0.553. The Morgan fingerprint density at radius 2 is 1.85 bits per heavy atom. The fourth-order valence-electron chi connectivity index (χ4n) is 13.2. The second-order valence-electron chi connectivity index (χ2n) is 18.0. The number of fused-ring (bicyclic) bond motifs is 6. The van der Waals surface area contributed by atoms with Crippen LogP contribution in [0, 0.1) is 11.3 Å². The van der Waals surface area contributed by atoms with Crippen molar-refractivity contribution in [2.75, 3.05) is 58.9 Å². The number of ether oxygens (including phenoxy) is 3. The molecule has 6 heterocycles. The van der Waals surface area contributed by atoms with Crippen LogP contribution in [0.5, 0.6) is 5.75 Å². The molecule has 1 saturated heterocycles. The van der Waals surface area contributed by atoms with Gasteiger partial charge in [0.15, 0.2) is 0 Å². The van der Waals surface area contributed by atoms with Gasteiger partial charge in [-0.2, -0.15) is 0 Å². The molecule has 2 aromatic carbocycles. The number of nitrogens with one attached hydrogen (secondary N) is 2. The van der Waals surface area contributed by atoms with E-state index in [-0.39, 0.29) is 36.8 Å². The van der Waals surface area contributed by atoms with E-state index < -0.39 is 40.0 Å². The molecule has 12 heteroatoms. The maximum absolute atomic E-state index is 15.2. The molecule has 1 unspecified atom stereocenters. The van der Waals surface area contributed by atoms with Crippen LogP contribution in [0.4, 0.5) is 5.69 Å². The van der Waals surface area contributed by atoms with E-state index in [1.807, 2.05) is 19.2 Å². The number of esters is 2. The first kappa shape index (κ1) is 39.8. The lowest BCUT2D eigenvalue weighted by atomic mass is 9.47. The van der Waals surface area contributed by atoms with Crippen LogP contribution in [0.25, 0.3) is 10.9 Å². The molecular weight excluding hydrogens is 747 g/mol. The summed E-state index contributed by atoms with van der Waals surface area (Å²) < 4.78 is 18.7. The Morgan fingerprint density at radius 1 is 1.05 bits per heavy atom. The molecule has 1 aromatic heterocycles. The molecule has 5 aliphatic heterocycles. The largest absolute Gasteiger partial charge is 0.496 e. The summed E-state index contributed by atoms with van der Waals surface area (Å²) in [5, 5.41) is 17.7. The molecule has 3 N–H and O–H groups in total. The van der Waals surface area contributed by atoms with E-state index in [0.717, 1.165) is 71.6 Å². The number of likely N-dealkylation sites (N-methyl/N-ethyl adjacent to an activating group) is 1. The molecule has 9 rings (SSSR count). The number of aromatic amines is 1. The molecule has 2 bridgehead atoms. The Labute approximate surface area is 346 Å². The number of aromatic nitrogens is 1. The fourth-order valence-corrected chi connectivity index (χ4v) is 13.2. The van der Waals surface area contributed by atoms with Crippen LogP contribution in [-0.4, -0.2) is 116 Å². The van der Waals surface area contributed by atoms with Crippen LogP contribution in [-0.2, 0) is 41.2 Å². The Morgan fingerprint density at radius 3 is 2.56 bits per heavy atom. The standard InChI is InChI=1S/C47H59N5O7/c1-8-29-20-30-23-46(43(55)58-7,39-32(26-51(24-29)25-30)31-14-11-12-15-35(31)49-39)34-21-33-36(22-37(34)57-6)50(5)41-45(33)17-19-52-18-13-16-44(10-3,40(45)52)42(59-28(4)53)47(41,56)27-48-38(54)9-2/h11-16,20-22,30,40-42,49,56H,8-10,17-19,23-27H2,1-7H3,(H,48,54)/t30-,40-,41+,42+,44+,45+,46-,47-/m0/s1. The predicted octanol–water partition coefficient (Wildman–Crippen LogP) is 5.11. The second kappa shape index (κ2) is 14.2. The zero-order valence-corrected chi connectivity index (χ0v) is 35.5. The van der Waals surface area contributed by atoms with Gasteiger partial charge in [0.05, 0.1) is 26.8 Å². The van der Waals surface area contributed by atoms with E-state index in [1.54, 1.807) is 14.0 Å². The van der Waals surface area contributed by atoms with Gasteiger partial charge in [-0.05, 0) is 61.4 Å². The van der Waals surface area contributed by atoms with Gasteiger partial charge in [0.25, 0.3) is 0 Å². The van der Waals surface area contributed by atoms with Gasteiger partial charge in [-0.3, -0.25) is 24.2 Å². The Kier molecular flexibility index (Phi) is 9.60. The third-order valence-corrected chi connectivity index (χ3v) is 15.2. The zero-order valence-electron chi connectivity index (χ0n) is 35.5. The molecule has 0 radical (unpaired) electrons. The number of nitrogens with zero attached hydrogens (tertiary/aromatic N) is 3. The quantitative estimate of drug-likeness (QED) is 0.198. The number of para-hydroxylation sites is 1. The van der Waals surface area contributed by atoms with Gasteiger partial charge in [0.1, 0.15) is 22.9 Å². The third kappa shape index (κ3) is 5.40. The van der Waals surface area contributed by atoms with Crippen molar-refractivity contribution in [2.24, 2.45) is 11.3 Å². The minimum absolute atomic E-state index is 0.0496. The number of rotatable bonds is 9. The van der Waals surface area contributed by atoms with Crippen molar-refractivity contribution in [3.05, 3.63) is 82.6 Å². The summed E-state index contributed by atoms with van der Waals surface area (Å²) in [4.78, 5) is 52.3. The molecule has 2 fully saturated rings. The number of benzene rings is 2. The highest BCUT2D eigenvalue weighted by atomic mass is 16.6. The molecule has 6 aliphatic rings. The maximum Gasteiger partial charge on any atom is 0.322 e. The van der Waals surface area contributed by atoms with Crippen LogP contribution in [0.15, 0.2) is 60.2 Å². The van der Waals surface area contributed by atoms with Gasteiger partial charge in [-0.25, -0.2) is 0 Å². The van der Waals surface area contributed by atoms with Crippen LogP contribution in [0.1, 0.15) is 82.2 Å². The molecular formula is C47H59N5O7. The highest BCUT2D eigenvalue weighted by molar-refractivity contribution is 5.94. The summed E-state index contributed by atoms with van der Waals surface area (Å²) in [6.07, 6.45) is 8.64. The van der Waals surface area contributed by atoms with E-state index in [9.17, 15) is 14.7 Å². The molecule has 59 heavy (non-hydrogen) atoms. The van der Waals surface area contributed by atoms with Gasteiger partial charge >= 0.3 is 11.9 Å². The van der Waals surface area contributed by atoms with Crippen molar-refractivity contribution in [3.63, 3.8) is 0 Å². The first-order valence-electron chi connectivity index (χ1n) is 21.5. The average Bonchev–Trinajstić information content (AvgIpc) is 3.89. The molecule has 12 nitrogen and oxygen atoms in total. The lowest BCUT2D eigenvalue weighted by Crippen LogP contribution is -2.81. The summed E-state index contributed by atoms with van der Waals surface area (Å²) >= 11 is 0. The third-order valence-electron chi connectivity index (χ3n) is 15.2. The SMILES string of the molecule is CCC(=O)NC[C@@]1(O)[C@H](OC(C)=O)[C@]2(CC)C=CCN3CC[C@@]4(c5cc([C@@]6(C(=O)OC)C[C@@H]7C=C(CC)CN(Cc8c6[nH]c6ccccc86)C7)c(OC)cc5N(C)[C@@H]14)[C@@H]32. The minimum atomic E-state index is -1.72. The van der Waals surface area contributed by atoms with Gasteiger partial charge in [0, 0.05) is 97.4 Å². The van der Waals surface area contributed by atoms with E-state index >= 15 is 4.79 Å². The Balaban J connectivity index is 1.35. The zero-order chi connectivity index (χ0) is 41.6. The highest BCUT2D eigenvalue weighted by Crippen LogP contribution is 2.68. The Hall–Kier alpha value is -4.65. The lowest BCUT2D eigenvalue weighted by molar-refractivity contribution is -0.217. The van der Waals surface area contributed by atoms with Crippen LogP contribution >= 0.6 is 0 Å². The molecule has 1 saturated carbocycles. The van der Waals surface area contributed by atoms with Crippen molar-refractivity contribution in [3.8, 4) is 5.75 Å². The molecule has 3 aromatic rings. The highest BCUT2D eigenvalue weighted by Gasteiger charge is 2.78. The van der Waals surface area contributed by atoms with Crippen molar-refractivity contribution in [1.29, 1.82) is 0 Å². The smallest absolute Gasteiger partial charge is 0.322 e. The number of H-pyrrole nitrogens is 1. The van der Waals surface area contributed by atoms with Crippen molar-refractivity contribution in [1.82, 2.24) is 20.1 Å². The summed E-state index contributed by atoms with van der Waals surface area (Å²) in [6.45, 7) is 11.2. The lowest BCUT2D eigenvalue weighted by Gasteiger charge is -2.64. The first-order chi connectivity index (χ1) is 28.4. The number of anilines is 1. The van der Waals surface area contributed by atoms with E-state index in [1.165, 1.54) is 19.6 Å². The molecule has 1 aliphatic carbocycles. The topological polar surface area (TPSA) is 137 Å². The number of carbonyl (C=O) groups is 3. The number of carbonyl (C=O) groups excluding carboxylic acids is 3. The molecule has 9 atom stereocenters. The van der Waals surface area contributed by atoms with Gasteiger partial charge in [0.2, 0.25) is 5.91 Å². The minimum Gasteiger partial charge on any atom is -0.496 e. The summed E-state index contributed by atoms with van der Waals surface area (Å²) in [5.74, 6) is -0.442. The van der Waals surface area contributed by atoms with E-state index in [2.05, 4.69) is 81.3 Å². The van der Waals surface area contributed by atoms with Gasteiger partial charge in [-0.1, -0.05) is 62.8 Å². The van der Waals surface area contributed by atoms with Crippen LogP contribution < -0.4 is 15.0 Å². The summed E-state index contributed by atoms with van der Waals surface area (Å²) in [6, 6.07) is 11.7. The number of hydrogen-bond donors (Lipinski definition) is 3. The predicted molar refractivity (Wildman–Crippen MR) is 225 cm³/mol. The Bertz CT molecular complexity index is 2280. The summed E-state index contributed by atoms with van der Waals surface area (Å²) in [5.41, 5.74) is 2.30.